The Morgan fingerprint density at radius 1 is 1.20 bits per heavy atom. The highest BCUT2D eigenvalue weighted by atomic mass is 32.2. The van der Waals surface area contributed by atoms with Crippen molar-refractivity contribution in [3.63, 3.8) is 0 Å². The van der Waals surface area contributed by atoms with Crippen LogP contribution >= 0.6 is 0 Å². The Morgan fingerprint density at radius 3 is 1.87 bits per heavy atom. The van der Waals surface area contributed by atoms with E-state index in [1.807, 2.05) is 19.0 Å². The Hall–Kier alpha value is -0.700. The Kier molecular flexibility index (Phi) is 9.58. The molecule has 0 atom stereocenters. The topological polar surface area (TPSA) is 98.2 Å². The summed E-state index contributed by atoms with van der Waals surface area (Å²) in [5.41, 5.74) is 0. The second kappa shape index (κ2) is 8.60. The summed E-state index contributed by atoms with van der Waals surface area (Å²) in [6, 6.07) is 0. The molecule has 15 heavy (non-hydrogen) atoms. The lowest BCUT2D eigenvalue weighted by atomic mass is 10.4. The van der Waals surface area contributed by atoms with Crippen LogP contribution in [0.25, 0.3) is 0 Å². The first kappa shape index (κ1) is 16.7. The molecular weight excluding hydrogens is 224 g/mol. The Bertz CT molecular complexity index is 252. The van der Waals surface area contributed by atoms with E-state index in [1.54, 1.807) is 0 Å². The van der Waals surface area contributed by atoms with Crippen molar-refractivity contribution in [3.05, 3.63) is 0 Å². The van der Waals surface area contributed by atoms with Gasteiger partial charge in [-0.15, -0.1) is 0 Å². The van der Waals surface area contributed by atoms with Crippen molar-refractivity contribution in [3.8, 4) is 0 Å². The quantitative estimate of drug-likeness (QED) is 0.492. The van der Waals surface area contributed by atoms with Crippen LogP contribution in [0.2, 0.25) is 0 Å². The van der Waals surface area contributed by atoms with Gasteiger partial charge >= 0.3 is 10.3 Å². The van der Waals surface area contributed by atoms with Crippen molar-refractivity contribution >= 4 is 16.8 Å². The highest BCUT2D eigenvalue weighted by molar-refractivity contribution is 7.83. The number of carboxylic acid groups (broad SMARTS) is 1. The molecule has 0 saturated carbocycles. The molecule has 7 nitrogen and oxygen atoms in total. The first-order chi connectivity index (χ1) is 6.75. The normalized spacial score (nSPS) is 11.1. The molecule has 2 N–H and O–H groups in total. The van der Waals surface area contributed by atoms with Gasteiger partial charge in [-0.25, -0.2) is 0 Å². The average molecular weight is 242 g/mol. The molecular formula is C7H18N2O5S. The molecule has 0 rings (SSSR count). The molecule has 0 aromatic heterocycles. The van der Waals surface area contributed by atoms with Gasteiger partial charge in [0, 0.05) is 13.6 Å². The van der Waals surface area contributed by atoms with Crippen molar-refractivity contribution in [2.45, 2.75) is 6.42 Å². The Labute approximate surface area is 90.2 Å². The molecule has 0 aliphatic heterocycles. The molecule has 0 spiro atoms. The van der Waals surface area contributed by atoms with Gasteiger partial charge in [-0.3, -0.25) is 9.35 Å². The molecule has 0 aliphatic rings. The summed E-state index contributed by atoms with van der Waals surface area (Å²) in [6.07, 6.45) is 0.712. The monoisotopic (exact) mass is 242 g/mol. The number of hydrogen-bond acceptors (Lipinski definition) is 4. The van der Waals surface area contributed by atoms with E-state index in [1.165, 1.54) is 7.05 Å². The van der Waals surface area contributed by atoms with Crippen LogP contribution in [0.3, 0.4) is 0 Å². The maximum absolute atomic E-state index is 10.5. The molecule has 0 radical (unpaired) electrons. The van der Waals surface area contributed by atoms with Gasteiger partial charge in [-0.05, 0) is 27.1 Å². The zero-order chi connectivity index (χ0) is 12.5. The number of rotatable bonds is 5. The molecule has 0 heterocycles. The van der Waals surface area contributed by atoms with Gasteiger partial charge in [-0.2, -0.15) is 12.7 Å². The number of hydrogen-bond donors (Lipinski definition) is 2. The smallest absolute Gasteiger partial charge is 0.335 e. The molecule has 0 amide bonds. The van der Waals surface area contributed by atoms with E-state index >= 15 is 0 Å². The van der Waals surface area contributed by atoms with Gasteiger partial charge in [0.05, 0.1) is 0 Å². The highest BCUT2D eigenvalue weighted by Crippen LogP contribution is 1.94. The lowest BCUT2D eigenvalue weighted by molar-refractivity contribution is -0.122. The summed E-state index contributed by atoms with van der Waals surface area (Å²) in [4.78, 5) is 10.3. The van der Waals surface area contributed by atoms with Gasteiger partial charge in [0.2, 0.25) is 0 Å². The Balaban J connectivity index is 0. The van der Waals surface area contributed by atoms with Crippen LogP contribution in [0.15, 0.2) is 0 Å². The predicted octanol–water partition coefficient (Wildman–Crippen LogP) is -0.626. The lowest BCUT2D eigenvalue weighted by Gasteiger charge is -2.14. The highest BCUT2D eigenvalue weighted by Gasteiger charge is 2.11. The van der Waals surface area contributed by atoms with E-state index in [-0.39, 0.29) is 6.47 Å². The van der Waals surface area contributed by atoms with Crippen molar-refractivity contribution in [1.82, 2.24) is 9.21 Å². The molecule has 0 aromatic rings. The summed E-state index contributed by atoms with van der Waals surface area (Å²) < 4.78 is 30.4. The summed E-state index contributed by atoms with van der Waals surface area (Å²) in [7, 11) is 1.19. The summed E-state index contributed by atoms with van der Waals surface area (Å²) >= 11 is 0. The van der Waals surface area contributed by atoms with Crippen molar-refractivity contribution in [1.29, 1.82) is 0 Å². The SMILES string of the molecule is CN(C)CCCN(C)S(=O)(=O)O.O=CO. The van der Waals surface area contributed by atoms with Crippen molar-refractivity contribution < 1.29 is 22.9 Å². The van der Waals surface area contributed by atoms with E-state index in [2.05, 4.69) is 0 Å². The molecule has 0 bridgehead atoms. The molecule has 92 valence electrons. The standard InChI is InChI=1S/C6H16N2O3S.CH2O2/c1-7(2)5-4-6-8(3)12(9,10)11;2-1-3/h4-6H2,1-3H3,(H,9,10,11);1H,(H,2,3). The van der Waals surface area contributed by atoms with Crippen LogP contribution in [0.1, 0.15) is 6.42 Å². The number of carbonyl (C=O) groups is 1. The van der Waals surface area contributed by atoms with E-state index in [0.717, 1.165) is 10.8 Å². The van der Waals surface area contributed by atoms with Crippen LogP contribution < -0.4 is 0 Å². The third-order valence-corrected chi connectivity index (χ3v) is 2.44. The fourth-order valence-electron chi connectivity index (χ4n) is 0.725. The third kappa shape index (κ3) is 13.3. The minimum Gasteiger partial charge on any atom is -0.483 e. The fraction of sp³-hybridized carbons (Fsp3) is 0.857. The van der Waals surface area contributed by atoms with Gasteiger partial charge in [0.1, 0.15) is 0 Å². The largest absolute Gasteiger partial charge is 0.483 e. The van der Waals surface area contributed by atoms with Crippen molar-refractivity contribution in [2.75, 3.05) is 34.2 Å². The molecule has 0 saturated heterocycles. The van der Waals surface area contributed by atoms with Gasteiger partial charge < -0.3 is 10.0 Å². The predicted molar refractivity (Wildman–Crippen MR) is 56.0 cm³/mol. The summed E-state index contributed by atoms with van der Waals surface area (Å²) in [5, 5.41) is 6.89. The molecule has 0 aromatic carbocycles. The second-order valence-corrected chi connectivity index (χ2v) is 4.58. The van der Waals surface area contributed by atoms with Crippen LogP contribution in [-0.4, -0.2) is 68.0 Å². The zero-order valence-electron chi connectivity index (χ0n) is 9.12. The molecule has 0 fully saturated rings. The van der Waals surface area contributed by atoms with Crippen LogP contribution in [0.5, 0.6) is 0 Å². The van der Waals surface area contributed by atoms with Gasteiger partial charge in [0.15, 0.2) is 0 Å². The summed E-state index contributed by atoms with van der Waals surface area (Å²) in [5.74, 6) is 0. The van der Waals surface area contributed by atoms with E-state index in [0.29, 0.717) is 13.0 Å². The van der Waals surface area contributed by atoms with E-state index in [4.69, 9.17) is 14.5 Å². The van der Waals surface area contributed by atoms with Crippen LogP contribution in [0.4, 0.5) is 0 Å². The first-order valence-corrected chi connectivity index (χ1v) is 5.56. The minimum atomic E-state index is -3.99. The Morgan fingerprint density at radius 2 is 1.60 bits per heavy atom. The van der Waals surface area contributed by atoms with Crippen LogP contribution in [0, 0.1) is 0 Å². The van der Waals surface area contributed by atoms with Gasteiger partial charge in [-0.1, -0.05) is 0 Å². The molecule has 0 unspecified atom stereocenters. The van der Waals surface area contributed by atoms with Crippen molar-refractivity contribution in [2.24, 2.45) is 0 Å². The maximum atomic E-state index is 10.5. The second-order valence-electron chi connectivity index (χ2n) is 3.06. The molecule has 8 heteroatoms. The van der Waals surface area contributed by atoms with Crippen LogP contribution in [-0.2, 0) is 15.1 Å². The number of nitrogens with zero attached hydrogens (tertiary/aromatic N) is 2. The minimum absolute atomic E-state index is 0.250. The third-order valence-electron chi connectivity index (χ3n) is 1.47. The zero-order valence-corrected chi connectivity index (χ0v) is 9.94. The van der Waals surface area contributed by atoms with Gasteiger partial charge in [0.25, 0.3) is 6.47 Å². The lowest BCUT2D eigenvalue weighted by Crippen LogP contribution is -2.29. The summed E-state index contributed by atoms with van der Waals surface area (Å²) in [6.45, 7) is 0.900. The molecule has 0 aliphatic carbocycles. The average Bonchev–Trinajstić information content (AvgIpc) is 2.02. The first-order valence-electron chi connectivity index (χ1n) is 4.17. The fourth-order valence-corrected chi connectivity index (χ4v) is 1.08. The maximum Gasteiger partial charge on any atom is 0.335 e. The van der Waals surface area contributed by atoms with E-state index in [9.17, 15) is 8.42 Å². The van der Waals surface area contributed by atoms with E-state index < -0.39 is 10.3 Å².